The van der Waals surface area contributed by atoms with Crippen molar-refractivity contribution in [3.63, 3.8) is 0 Å². The second-order valence-corrected chi connectivity index (χ2v) is 15.1. The molecule has 4 aromatic carbocycles. The van der Waals surface area contributed by atoms with Crippen LogP contribution in [0.25, 0.3) is 66.8 Å². The molecule has 0 amide bonds. The monoisotopic (exact) mass is 1010 g/mol. The van der Waals surface area contributed by atoms with Gasteiger partial charge in [-0.2, -0.15) is 0 Å². The molecule has 0 saturated carbocycles. The number of esters is 2. The van der Waals surface area contributed by atoms with Crippen molar-refractivity contribution in [1.29, 1.82) is 0 Å². The van der Waals surface area contributed by atoms with Gasteiger partial charge in [0.25, 0.3) is 0 Å². The van der Waals surface area contributed by atoms with Gasteiger partial charge in [-0.15, -0.1) is 0 Å². The van der Waals surface area contributed by atoms with Crippen molar-refractivity contribution < 1.29 is 64.5 Å². The summed E-state index contributed by atoms with van der Waals surface area (Å²) in [7, 11) is 0. The van der Waals surface area contributed by atoms with Gasteiger partial charge in [0.05, 0.1) is 0 Å². The molecule has 358 valence electrons. The molecule has 0 spiro atoms. The zero-order chi connectivity index (χ0) is 50.9. The Morgan fingerprint density at radius 3 is 1.45 bits per heavy atom. The van der Waals surface area contributed by atoms with Crippen LogP contribution in [0.5, 0.6) is 11.5 Å². The summed E-state index contributed by atoms with van der Waals surface area (Å²) in [5.41, 5.74) is 2.43. The molecule has 69 heavy (non-hydrogen) atoms. The topological polar surface area (TPSA) is 166 Å². The lowest BCUT2D eigenvalue weighted by Crippen LogP contribution is -2.11. The number of halogens is 5. The molecule has 2 heterocycles. The van der Waals surface area contributed by atoms with Crippen LogP contribution in [-0.2, 0) is 19.1 Å². The van der Waals surface area contributed by atoms with Gasteiger partial charge in [0.15, 0.2) is 40.5 Å². The zero-order valence-corrected chi connectivity index (χ0v) is 39.9. The fourth-order valence-electron chi connectivity index (χ4n) is 7.08. The number of hydrogen-bond donors (Lipinski definition) is 0. The summed E-state index contributed by atoms with van der Waals surface area (Å²) in [5.74, 6) is -4.91. The van der Waals surface area contributed by atoms with Crippen LogP contribution < -0.4 is 20.3 Å². The molecule has 0 saturated heterocycles. The lowest BCUT2D eigenvalue weighted by atomic mass is 9.92. The molecular weight excluding hydrogens is 972 g/mol. The lowest BCUT2D eigenvalue weighted by Gasteiger charge is -2.19. The first-order valence-corrected chi connectivity index (χ1v) is 21.9. The summed E-state index contributed by atoms with van der Waals surface area (Å²) in [4.78, 5) is 68.2. The molecule has 0 atom stereocenters. The Morgan fingerprint density at radius 2 is 1.01 bits per heavy atom. The van der Waals surface area contributed by atoms with E-state index in [2.05, 4.69) is 15.9 Å². The van der Waals surface area contributed by atoms with Gasteiger partial charge >= 0.3 is 11.9 Å². The molecule has 0 radical (unpaired) electrons. The second-order valence-electron chi connectivity index (χ2n) is 14.3. The smallest absolute Gasteiger partial charge is 0.305 e. The van der Waals surface area contributed by atoms with Crippen molar-refractivity contribution in [2.75, 3.05) is 13.6 Å². The van der Waals surface area contributed by atoms with Gasteiger partial charge in [0.2, 0.25) is 24.4 Å². The molecule has 12 nitrogen and oxygen atoms in total. The molecule has 2 aliphatic carbocycles. The van der Waals surface area contributed by atoms with Crippen LogP contribution >= 0.6 is 15.9 Å². The number of carbonyl (C=O) groups excluding carboxylic acids is 4. The standard InChI is InChI=1S/C24H15BrF2O6.C24H16F2O6.2C2H6/c1-11-22-15(8-18(27)23(11)32-10-31-12(2)29)19(14-5-3-13(9-28)4-6-14)16-7-17(26)21(30)20(25)24(16)33-22;1-12-23-17(8-19(26)24(12)31-11-30-13(2)28)22(15-5-3-14(10-27)4-6-15)16-7-18(25)20(29)9-21(16)32-23;2*1-2/h3-9H,10H2,1-2H3;3-10H,11H2,1-2H3;2*1-2H3. The molecule has 4 aliphatic rings. The molecule has 0 unspecified atom stereocenters. The minimum atomic E-state index is -1.01. The van der Waals surface area contributed by atoms with E-state index in [0.717, 1.165) is 24.3 Å². The van der Waals surface area contributed by atoms with Crippen molar-refractivity contribution in [2.45, 2.75) is 55.4 Å². The highest BCUT2D eigenvalue weighted by Crippen LogP contribution is 2.46. The van der Waals surface area contributed by atoms with E-state index in [4.69, 9.17) is 27.8 Å². The van der Waals surface area contributed by atoms with E-state index < -0.39 is 59.7 Å². The van der Waals surface area contributed by atoms with Crippen molar-refractivity contribution in [3.8, 4) is 56.4 Å². The number of aldehydes is 2. The summed E-state index contributed by atoms with van der Waals surface area (Å²) in [5, 5.41) is 0.602. The van der Waals surface area contributed by atoms with Gasteiger partial charge in [0, 0.05) is 75.2 Å². The fraction of sp³-hybridized carbons (Fsp3) is 0.192. The quantitative estimate of drug-likeness (QED) is 0.0419. The summed E-state index contributed by atoms with van der Waals surface area (Å²) < 4.78 is 90.3. The molecule has 0 N–H and O–H groups in total. The first kappa shape index (κ1) is 52.3. The van der Waals surface area contributed by atoms with Gasteiger partial charge in [0.1, 0.15) is 34.0 Å². The molecule has 17 heteroatoms. The zero-order valence-electron chi connectivity index (χ0n) is 38.4. The van der Waals surface area contributed by atoms with Crippen LogP contribution in [0.3, 0.4) is 0 Å². The summed E-state index contributed by atoms with van der Waals surface area (Å²) in [6.45, 7) is 12.5. The first-order valence-electron chi connectivity index (χ1n) is 21.1. The van der Waals surface area contributed by atoms with Crippen LogP contribution in [0.2, 0.25) is 0 Å². The highest BCUT2D eigenvalue weighted by molar-refractivity contribution is 9.10. The average Bonchev–Trinajstić information content (AvgIpc) is 3.34. The third-order valence-electron chi connectivity index (χ3n) is 10.1. The number of hydrogen-bond acceptors (Lipinski definition) is 12. The van der Waals surface area contributed by atoms with Crippen molar-refractivity contribution in [2.24, 2.45) is 0 Å². The molecule has 4 aromatic rings. The van der Waals surface area contributed by atoms with Gasteiger partial charge < -0.3 is 27.8 Å². The van der Waals surface area contributed by atoms with Crippen LogP contribution in [0.1, 0.15) is 73.4 Å². The van der Waals surface area contributed by atoms with E-state index >= 15 is 4.39 Å². The maximum Gasteiger partial charge on any atom is 0.305 e. The summed E-state index contributed by atoms with van der Waals surface area (Å²) in [6, 6.07) is 18.2. The van der Waals surface area contributed by atoms with Crippen LogP contribution in [-0.4, -0.2) is 38.1 Å². The maximum atomic E-state index is 15.1. The van der Waals surface area contributed by atoms with Crippen LogP contribution in [0, 0.1) is 37.1 Å². The van der Waals surface area contributed by atoms with Crippen LogP contribution in [0.15, 0.2) is 102 Å². The Morgan fingerprint density at radius 1 is 0.594 bits per heavy atom. The SMILES string of the molecule is CC.CC.CC(=O)OCOc1c(F)cc2c(-c3ccc(C=O)cc3)c3cc(F)c(=O)c(Br)c-3oc2c1C.CC(=O)OCOc1c(F)cc2c(-c3ccc(C=O)cc3)c3cc(F)c(=O)cc-3oc2c1C. The predicted molar refractivity (Wildman–Crippen MR) is 254 cm³/mol. The van der Waals surface area contributed by atoms with Crippen molar-refractivity contribution >= 4 is 62.4 Å². The van der Waals surface area contributed by atoms with E-state index in [9.17, 15) is 41.9 Å². The minimum absolute atomic E-state index is 0.0593. The number of rotatable bonds is 10. The van der Waals surface area contributed by atoms with E-state index in [1.165, 1.54) is 19.9 Å². The van der Waals surface area contributed by atoms with Crippen LogP contribution in [0.4, 0.5) is 17.6 Å². The minimum Gasteiger partial charge on any atom is -0.455 e. The van der Waals surface area contributed by atoms with E-state index in [1.807, 2.05) is 27.7 Å². The highest BCUT2D eigenvalue weighted by atomic mass is 79.9. The Hall–Kier alpha value is -7.66. The van der Waals surface area contributed by atoms with Gasteiger partial charge in [-0.05, 0) is 65.2 Å². The molecular formula is C52H43BrF4O12. The number of carbonyl (C=O) groups is 4. The van der Waals surface area contributed by atoms with E-state index in [1.54, 1.807) is 62.4 Å². The number of aryl methyl sites for hydroxylation is 2. The number of benzene rings is 6. The van der Waals surface area contributed by atoms with Gasteiger partial charge in [-0.1, -0.05) is 76.2 Å². The van der Waals surface area contributed by atoms with E-state index in [0.29, 0.717) is 56.7 Å². The molecule has 8 rings (SSSR count). The molecule has 0 fully saturated rings. The molecule has 2 aliphatic heterocycles. The molecule has 0 aromatic heterocycles. The first-order chi connectivity index (χ1) is 33.0. The average molecular weight is 1020 g/mol. The molecule has 0 bridgehead atoms. The van der Waals surface area contributed by atoms with E-state index in [-0.39, 0.29) is 60.9 Å². The normalized spacial score (nSPS) is 10.6. The fourth-order valence-corrected chi connectivity index (χ4v) is 7.56. The highest BCUT2D eigenvalue weighted by Gasteiger charge is 2.27. The second kappa shape index (κ2) is 22.9. The third kappa shape index (κ3) is 11.0. The Labute approximate surface area is 400 Å². The Bertz CT molecular complexity index is 3270. The summed E-state index contributed by atoms with van der Waals surface area (Å²) >= 11 is 3.11. The number of fused-ring (bicyclic) bond motifs is 4. The van der Waals surface area contributed by atoms with Gasteiger partial charge in [-0.3, -0.25) is 28.8 Å². The maximum absolute atomic E-state index is 15.1. The van der Waals surface area contributed by atoms with Gasteiger partial charge in [-0.25, -0.2) is 17.6 Å². The lowest BCUT2D eigenvalue weighted by molar-refractivity contribution is -0.148. The third-order valence-corrected chi connectivity index (χ3v) is 10.8. The number of ether oxygens (including phenoxy) is 4. The Kier molecular flexibility index (Phi) is 17.4. The summed E-state index contributed by atoms with van der Waals surface area (Å²) in [6.07, 6.45) is 1.36. The van der Waals surface area contributed by atoms with Crippen molar-refractivity contribution in [3.05, 3.63) is 149 Å². The largest absolute Gasteiger partial charge is 0.455 e. The Balaban J connectivity index is 0.000000240. The van der Waals surface area contributed by atoms with Crippen molar-refractivity contribution in [1.82, 2.24) is 0 Å². The predicted octanol–water partition coefficient (Wildman–Crippen LogP) is 12.5.